The first-order chi connectivity index (χ1) is 14.6. The Hall–Kier alpha value is -2.30. The Labute approximate surface area is 202 Å². The van der Waals surface area contributed by atoms with Gasteiger partial charge in [-0.1, -0.05) is 6.07 Å². The number of pyridine rings is 1. The maximum absolute atomic E-state index is 12.6. The molecule has 0 bridgehead atoms. The molecular formula is C22H34IN7O. The van der Waals surface area contributed by atoms with Crippen LogP contribution in [-0.4, -0.2) is 77.5 Å². The SMILES string of the molecule is CCNC(=NCCC(=O)N1CCN(c2ccccn2)CC1)N(C)Cc1cccn1C.I. The van der Waals surface area contributed by atoms with Crippen molar-refractivity contribution in [2.45, 2.75) is 19.9 Å². The third-order valence-corrected chi connectivity index (χ3v) is 5.34. The van der Waals surface area contributed by atoms with Gasteiger partial charge in [-0.25, -0.2) is 4.98 Å². The van der Waals surface area contributed by atoms with Crippen LogP contribution in [0.1, 0.15) is 19.0 Å². The Morgan fingerprint density at radius 2 is 1.97 bits per heavy atom. The number of aryl methyl sites for hydroxylation is 1. The topological polar surface area (TPSA) is 69.0 Å². The molecule has 31 heavy (non-hydrogen) atoms. The molecule has 0 aromatic carbocycles. The Kier molecular flexibility index (Phi) is 10.1. The summed E-state index contributed by atoms with van der Waals surface area (Å²) < 4.78 is 2.11. The molecule has 0 saturated carbocycles. The standard InChI is InChI=1S/C22H33N7O.HI/c1-4-23-22(27(3)18-19-8-7-13-26(19)2)25-12-10-21(30)29-16-14-28(15-17-29)20-9-5-6-11-24-20;/h5-9,11,13H,4,10,12,14-18H2,1-3H3,(H,23,25);1H. The van der Waals surface area contributed by atoms with Crippen molar-refractivity contribution in [3.63, 3.8) is 0 Å². The number of amides is 1. The van der Waals surface area contributed by atoms with Crippen molar-refractivity contribution in [1.29, 1.82) is 0 Å². The number of carbonyl (C=O) groups excluding carboxylic acids is 1. The van der Waals surface area contributed by atoms with Gasteiger partial charge in [0.2, 0.25) is 5.91 Å². The molecule has 1 aliphatic heterocycles. The van der Waals surface area contributed by atoms with Crippen LogP contribution in [0.15, 0.2) is 47.7 Å². The molecule has 0 spiro atoms. The van der Waals surface area contributed by atoms with Crippen LogP contribution in [0.3, 0.4) is 0 Å². The third-order valence-electron chi connectivity index (χ3n) is 5.34. The first kappa shape index (κ1) is 25.0. The van der Waals surface area contributed by atoms with Crippen LogP contribution in [-0.2, 0) is 18.4 Å². The molecule has 170 valence electrons. The highest BCUT2D eigenvalue weighted by molar-refractivity contribution is 14.0. The van der Waals surface area contributed by atoms with E-state index in [-0.39, 0.29) is 29.9 Å². The molecule has 2 aromatic rings. The minimum Gasteiger partial charge on any atom is -0.357 e. The molecule has 1 amide bonds. The number of carbonyl (C=O) groups is 1. The number of hydrogen-bond donors (Lipinski definition) is 1. The van der Waals surface area contributed by atoms with E-state index in [0.29, 0.717) is 13.0 Å². The van der Waals surface area contributed by atoms with Gasteiger partial charge in [-0.15, -0.1) is 24.0 Å². The highest BCUT2D eigenvalue weighted by Crippen LogP contribution is 2.13. The van der Waals surface area contributed by atoms with Gasteiger partial charge in [0.15, 0.2) is 5.96 Å². The minimum absolute atomic E-state index is 0. The number of piperazine rings is 1. The number of nitrogens with zero attached hydrogens (tertiary/aromatic N) is 6. The maximum Gasteiger partial charge on any atom is 0.224 e. The lowest BCUT2D eigenvalue weighted by atomic mass is 10.2. The predicted octanol–water partition coefficient (Wildman–Crippen LogP) is 2.17. The number of nitrogens with one attached hydrogen (secondary N) is 1. The van der Waals surface area contributed by atoms with Crippen LogP contribution in [0, 0.1) is 0 Å². The Bertz CT molecular complexity index is 831. The third kappa shape index (κ3) is 7.12. The van der Waals surface area contributed by atoms with E-state index in [1.165, 1.54) is 5.69 Å². The van der Waals surface area contributed by atoms with Crippen LogP contribution in [0.5, 0.6) is 0 Å². The molecule has 1 fully saturated rings. The fourth-order valence-electron chi connectivity index (χ4n) is 3.59. The van der Waals surface area contributed by atoms with Gasteiger partial charge in [-0.2, -0.15) is 0 Å². The summed E-state index contributed by atoms with van der Waals surface area (Å²) in [5.41, 5.74) is 1.21. The summed E-state index contributed by atoms with van der Waals surface area (Å²) in [4.78, 5) is 28.0. The number of rotatable bonds is 7. The van der Waals surface area contributed by atoms with Crippen LogP contribution < -0.4 is 10.2 Å². The maximum atomic E-state index is 12.6. The Morgan fingerprint density at radius 3 is 2.58 bits per heavy atom. The summed E-state index contributed by atoms with van der Waals surface area (Å²) in [7, 11) is 4.06. The lowest BCUT2D eigenvalue weighted by Gasteiger charge is -2.35. The molecule has 9 heteroatoms. The van der Waals surface area contributed by atoms with E-state index in [2.05, 4.69) is 42.7 Å². The lowest BCUT2D eigenvalue weighted by Crippen LogP contribution is -2.49. The second-order valence-corrected chi connectivity index (χ2v) is 7.51. The molecule has 3 heterocycles. The molecule has 8 nitrogen and oxygen atoms in total. The van der Waals surface area contributed by atoms with Gasteiger partial charge in [0.1, 0.15) is 5.82 Å². The number of anilines is 1. The quantitative estimate of drug-likeness (QED) is 0.332. The van der Waals surface area contributed by atoms with Gasteiger partial charge < -0.3 is 24.6 Å². The summed E-state index contributed by atoms with van der Waals surface area (Å²) in [5, 5.41) is 3.32. The first-order valence-corrected chi connectivity index (χ1v) is 10.6. The zero-order valence-corrected chi connectivity index (χ0v) is 21.0. The van der Waals surface area contributed by atoms with Crippen LogP contribution in [0.2, 0.25) is 0 Å². The van der Waals surface area contributed by atoms with Gasteiger partial charge in [-0.05, 0) is 31.2 Å². The molecule has 3 rings (SSSR count). The molecular weight excluding hydrogens is 505 g/mol. The Balaban J connectivity index is 0.00000341. The van der Waals surface area contributed by atoms with Gasteiger partial charge in [0.05, 0.1) is 13.1 Å². The molecule has 0 unspecified atom stereocenters. The number of guanidine groups is 1. The van der Waals surface area contributed by atoms with E-state index < -0.39 is 0 Å². The van der Waals surface area contributed by atoms with Gasteiger partial charge in [0.25, 0.3) is 0 Å². The minimum atomic E-state index is 0. The van der Waals surface area contributed by atoms with Gasteiger partial charge in [0, 0.05) is 71.3 Å². The zero-order chi connectivity index (χ0) is 21.3. The summed E-state index contributed by atoms with van der Waals surface area (Å²) in [6.07, 6.45) is 4.28. The monoisotopic (exact) mass is 539 g/mol. The van der Waals surface area contributed by atoms with E-state index in [1.54, 1.807) is 0 Å². The van der Waals surface area contributed by atoms with Crippen molar-refractivity contribution in [3.8, 4) is 0 Å². The molecule has 1 saturated heterocycles. The van der Waals surface area contributed by atoms with Crippen LogP contribution >= 0.6 is 24.0 Å². The zero-order valence-electron chi connectivity index (χ0n) is 18.7. The molecule has 1 aliphatic rings. The van der Waals surface area contributed by atoms with Gasteiger partial charge in [-0.3, -0.25) is 9.79 Å². The van der Waals surface area contributed by atoms with Crippen molar-refractivity contribution < 1.29 is 4.79 Å². The van der Waals surface area contributed by atoms with Crippen LogP contribution in [0.4, 0.5) is 5.82 Å². The number of aromatic nitrogens is 2. The summed E-state index contributed by atoms with van der Waals surface area (Å²) in [6.45, 7) is 7.18. The normalized spacial score (nSPS) is 14.2. The molecule has 0 radical (unpaired) electrons. The van der Waals surface area contributed by atoms with Crippen molar-refractivity contribution >= 4 is 41.7 Å². The predicted molar refractivity (Wildman–Crippen MR) is 136 cm³/mol. The molecule has 2 aromatic heterocycles. The van der Waals surface area contributed by atoms with Crippen molar-refractivity contribution in [2.24, 2.45) is 12.0 Å². The molecule has 0 aliphatic carbocycles. The Morgan fingerprint density at radius 1 is 1.19 bits per heavy atom. The van der Waals surface area contributed by atoms with E-state index in [4.69, 9.17) is 0 Å². The average molecular weight is 539 g/mol. The van der Waals surface area contributed by atoms with E-state index >= 15 is 0 Å². The van der Waals surface area contributed by atoms with Crippen LogP contribution in [0.25, 0.3) is 0 Å². The smallest absolute Gasteiger partial charge is 0.224 e. The number of hydrogen-bond acceptors (Lipinski definition) is 4. The molecule has 1 N–H and O–H groups in total. The van der Waals surface area contributed by atoms with Crippen molar-refractivity contribution in [3.05, 3.63) is 48.4 Å². The summed E-state index contributed by atoms with van der Waals surface area (Å²) in [5.74, 6) is 1.97. The van der Waals surface area contributed by atoms with Gasteiger partial charge >= 0.3 is 0 Å². The second-order valence-electron chi connectivity index (χ2n) is 7.51. The fourth-order valence-corrected chi connectivity index (χ4v) is 3.59. The fraction of sp³-hybridized carbons (Fsp3) is 0.500. The summed E-state index contributed by atoms with van der Waals surface area (Å²) >= 11 is 0. The highest BCUT2D eigenvalue weighted by Gasteiger charge is 2.21. The molecule has 0 atom stereocenters. The number of aliphatic imine (C=N–C) groups is 1. The van der Waals surface area contributed by atoms with Crippen molar-refractivity contribution in [2.75, 3.05) is 51.2 Å². The number of halogens is 1. The lowest BCUT2D eigenvalue weighted by molar-refractivity contribution is -0.131. The summed E-state index contributed by atoms with van der Waals surface area (Å²) in [6, 6.07) is 10.1. The second kappa shape index (κ2) is 12.5. The van der Waals surface area contributed by atoms with Crippen molar-refractivity contribution in [1.82, 2.24) is 24.7 Å². The van der Waals surface area contributed by atoms with E-state index in [1.807, 2.05) is 55.7 Å². The van der Waals surface area contributed by atoms with E-state index in [9.17, 15) is 4.79 Å². The average Bonchev–Trinajstić information content (AvgIpc) is 3.18. The largest absolute Gasteiger partial charge is 0.357 e. The highest BCUT2D eigenvalue weighted by atomic mass is 127. The van der Waals surface area contributed by atoms with E-state index in [0.717, 1.165) is 51.0 Å². The first-order valence-electron chi connectivity index (χ1n) is 10.6.